The number of benzene rings is 2. The minimum atomic E-state index is -0.428. The SMILES string of the molecule is Cc1c(Cl)cccc1C(O)CCCc1ccccc1. The van der Waals surface area contributed by atoms with Gasteiger partial charge in [-0.1, -0.05) is 54.1 Å². The van der Waals surface area contributed by atoms with Crippen molar-refractivity contribution in [2.24, 2.45) is 0 Å². The maximum atomic E-state index is 10.2. The second kappa shape index (κ2) is 6.74. The van der Waals surface area contributed by atoms with Gasteiger partial charge in [0.25, 0.3) is 0 Å². The molecule has 0 heterocycles. The lowest BCUT2D eigenvalue weighted by Gasteiger charge is -2.14. The summed E-state index contributed by atoms with van der Waals surface area (Å²) in [6.45, 7) is 1.96. The van der Waals surface area contributed by atoms with E-state index in [0.29, 0.717) is 0 Å². The van der Waals surface area contributed by atoms with E-state index in [1.807, 2.05) is 43.3 Å². The fourth-order valence-corrected chi connectivity index (χ4v) is 2.47. The third kappa shape index (κ3) is 3.82. The van der Waals surface area contributed by atoms with Gasteiger partial charge < -0.3 is 5.11 Å². The fourth-order valence-electron chi connectivity index (χ4n) is 2.28. The molecule has 0 saturated heterocycles. The third-order valence-electron chi connectivity index (χ3n) is 3.45. The molecule has 1 N–H and O–H groups in total. The van der Waals surface area contributed by atoms with Gasteiger partial charge in [0.15, 0.2) is 0 Å². The molecule has 0 aliphatic heterocycles. The molecular weight excluding hydrogens is 256 g/mol. The molecule has 0 aliphatic rings. The molecular formula is C17H19ClO. The molecule has 1 atom stereocenters. The van der Waals surface area contributed by atoms with E-state index < -0.39 is 6.10 Å². The van der Waals surface area contributed by atoms with Crippen LogP contribution in [-0.2, 0) is 6.42 Å². The van der Waals surface area contributed by atoms with Crippen LogP contribution >= 0.6 is 11.6 Å². The highest BCUT2D eigenvalue weighted by Gasteiger charge is 2.11. The van der Waals surface area contributed by atoms with Crippen molar-refractivity contribution in [2.75, 3.05) is 0 Å². The zero-order valence-corrected chi connectivity index (χ0v) is 11.9. The Morgan fingerprint density at radius 2 is 1.79 bits per heavy atom. The lowest BCUT2D eigenvalue weighted by Crippen LogP contribution is -2.01. The van der Waals surface area contributed by atoms with Crippen molar-refractivity contribution in [3.63, 3.8) is 0 Å². The largest absolute Gasteiger partial charge is 0.388 e. The zero-order chi connectivity index (χ0) is 13.7. The smallest absolute Gasteiger partial charge is 0.0793 e. The molecule has 2 heteroatoms. The van der Waals surface area contributed by atoms with Gasteiger partial charge in [-0.3, -0.25) is 0 Å². The van der Waals surface area contributed by atoms with Gasteiger partial charge in [-0.15, -0.1) is 0 Å². The Bertz CT molecular complexity index is 522. The Kier molecular flexibility index (Phi) is 5.00. The van der Waals surface area contributed by atoms with E-state index in [-0.39, 0.29) is 0 Å². The molecule has 2 aromatic rings. The standard InChI is InChI=1S/C17H19ClO/c1-13-15(10-6-11-16(13)18)17(19)12-5-9-14-7-3-2-4-8-14/h2-4,6-8,10-11,17,19H,5,9,12H2,1H3. The highest BCUT2D eigenvalue weighted by Crippen LogP contribution is 2.27. The van der Waals surface area contributed by atoms with Gasteiger partial charge in [-0.25, -0.2) is 0 Å². The Morgan fingerprint density at radius 1 is 1.05 bits per heavy atom. The molecule has 0 spiro atoms. The summed E-state index contributed by atoms with van der Waals surface area (Å²) in [5.74, 6) is 0. The van der Waals surface area contributed by atoms with Gasteiger partial charge in [0.1, 0.15) is 0 Å². The molecule has 2 aromatic carbocycles. The highest BCUT2D eigenvalue weighted by atomic mass is 35.5. The first-order valence-electron chi connectivity index (χ1n) is 6.65. The molecule has 0 aromatic heterocycles. The van der Waals surface area contributed by atoms with E-state index in [1.165, 1.54) is 5.56 Å². The number of halogens is 1. The normalized spacial score (nSPS) is 12.4. The van der Waals surface area contributed by atoms with Crippen LogP contribution in [-0.4, -0.2) is 5.11 Å². The maximum absolute atomic E-state index is 10.2. The lowest BCUT2D eigenvalue weighted by atomic mass is 9.98. The molecule has 1 nitrogen and oxygen atoms in total. The van der Waals surface area contributed by atoms with Crippen LogP contribution in [0.4, 0.5) is 0 Å². The monoisotopic (exact) mass is 274 g/mol. The molecule has 100 valence electrons. The Labute approximate surface area is 119 Å². The van der Waals surface area contributed by atoms with Crippen molar-refractivity contribution in [2.45, 2.75) is 32.3 Å². The van der Waals surface area contributed by atoms with Gasteiger partial charge >= 0.3 is 0 Å². The number of aliphatic hydroxyl groups is 1. The van der Waals surface area contributed by atoms with Gasteiger partial charge in [-0.05, 0) is 48.9 Å². The van der Waals surface area contributed by atoms with Crippen LogP contribution in [0.25, 0.3) is 0 Å². The van der Waals surface area contributed by atoms with Gasteiger partial charge in [0.2, 0.25) is 0 Å². The molecule has 2 rings (SSSR count). The summed E-state index contributed by atoms with van der Waals surface area (Å²) in [4.78, 5) is 0. The van der Waals surface area contributed by atoms with Crippen molar-refractivity contribution in [1.29, 1.82) is 0 Å². The quantitative estimate of drug-likeness (QED) is 0.837. The fraction of sp³-hybridized carbons (Fsp3) is 0.294. The van der Waals surface area contributed by atoms with E-state index in [0.717, 1.165) is 35.4 Å². The Morgan fingerprint density at radius 3 is 2.53 bits per heavy atom. The average molecular weight is 275 g/mol. The second-order valence-corrected chi connectivity index (χ2v) is 5.25. The van der Waals surface area contributed by atoms with Crippen molar-refractivity contribution in [3.8, 4) is 0 Å². The average Bonchev–Trinajstić information content (AvgIpc) is 2.43. The van der Waals surface area contributed by atoms with Crippen LogP contribution < -0.4 is 0 Å². The predicted molar refractivity (Wildman–Crippen MR) is 80.5 cm³/mol. The van der Waals surface area contributed by atoms with Gasteiger partial charge in [-0.2, -0.15) is 0 Å². The van der Waals surface area contributed by atoms with Crippen LogP contribution in [0.15, 0.2) is 48.5 Å². The van der Waals surface area contributed by atoms with E-state index in [4.69, 9.17) is 11.6 Å². The molecule has 0 aliphatic carbocycles. The number of rotatable bonds is 5. The molecule has 0 saturated carbocycles. The third-order valence-corrected chi connectivity index (χ3v) is 3.86. The van der Waals surface area contributed by atoms with E-state index in [2.05, 4.69) is 12.1 Å². The minimum absolute atomic E-state index is 0.428. The highest BCUT2D eigenvalue weighted by molar-refractivity contribution is 6.31. The summed E-state index contributed by atoms with van der Waals surface area (Å²) in [6, 6.07) is 16.1. The van der Waals surface area contributed by atoms with E-state index >= 15 is 0 Å². The van der Waals surface area contributed by atoms with Gasteiger partial charge in [0, 0.05) is 5.02 Å². The second-order valence-electron chi connectivity index (χ2n) is 4.85. The molecule has 0 fully saturated rings. The summed E-state index contributed by atoms with van der Waals surface area (Å²) in [7, 11) is 0. The lowest BCUT2D eigenvalue weighted by molar-refractivity contribution is 0.164. The van der Waals surface area contributed by atoms with Crippen LogP contribution in [0, 0.1) is 6.92 Å². The first-order chi connectivity index (χ1) is 9.18. The van der Waals surface area contributed by atoms with E-state index in [1.54, 1.807) is 0 Å². The first kappa shape index (κ1) is 14.1. The van der Waals surface area contributed by atoms with Crippen LogP contribution in [0.3, 0.4) is 0 Å². The summed E-state index contributed by atoms with van der Waals surface area (Å²) < 4.78 is 0. The van der Waals surface area contributed by atoms with Crippen LogP contribution in [0.1, 0.15) is 35.6 Å². The number of hydrogen-bond acceptors (Lipinski definition) is 1. The summed E-state index contributed by atoms with van der Waals surface area (Å²) in [5.41, 5.74) is 3.24. The van der Waals surface area contributed by atoms with Crippen molar-refractivity contribution in [1.82, 2.24) is 0 Å². The Hall–Kier alpha value is -1.31. The van der Waals surface area contributed by atoms with Crippen molar-refractivity contribution < 1.29 is 5.11 Å². The van der Waals surface area contributed by atoms with E-state index in [9.17, 15) is 5.11 Å². The molecule has 19 heavy (non-hydrogen) atoms. The Balaban J connectivity index is 1.91. The summed E-state index contributed by atoms with van der Waals surface area (Å²) >= 11 is 6.08. The number of aliphatic hydroxyl groups excluding tert-OH is 1. The summed E-state index contributed by atoms with van der Waals surface area (Å²) in [6.07, 6.45) is 2.30. The van der Waals surface area contributed by atoms with Crippen LogP contribution in [0.5, 0.6) is 0 Å². The maximum Gasteiger partial charge on any atom is 0.0793 e. The predicted octanol–water partition coefficient (Wildman–Crippen LogP) is 4.70. The van der Waals surface area contributed by atoms with Crippen molar-refractivity contribution >= 4 is 11.6 Å². The summed E-state index contributed by atoms with van der Waals surface area (Å²) in [5, 5.41) is 11.0. The van der Waals surface area contributed by atoms with Gasteiger partial charge in [0.05, 0.1) is 6.10 Å². The molecule has 0 amide bonds. The number of hydrogen-bond donors (Lipinski definition) is 1. The molecule has 0 radical (unpaired) electrons. The van der Waals surface area contributed by atoms with Crippen LogP contribution in [0.2, 0.25) is 5.02 Å². The molecule has 1 unspecified atom stereocenters. The van der Waals surface area contributed by atoms with Crippen molar-refractivity contribution in [3.05, 3.63) is 70.2 Å². The first-order valence-corrected chi connectivity index (χ1v) is 7.03. The minimum Gasteiger partial charge on any atom is -0.388 e. The topological polar surface area (TPSA) is 20.2 Å². The number of aryl methyl sites for hydroxylation is 1. The molecule has 0 bridgehead atoms. The zero-order valence-electron chi connectivity index (χ0n) is 11.1.